The Balaban J connectivity index is 2.67. The van der Waals surface area contributed by atoms with E-state index in [9.17, 15) is 4.79 Å². The van der Waals surface area contributed by atoms with E-state index in [1.807, 2.05) is 39.0 Å². The van der Waals surface area contributed by atoms with Crippen LogP contribution in [0.1, 0.15) is 32.3 Å². The van der Waals surface area contributed by atoms with Gasteiger partial charge in [-0.15, -0.1) is 0 Å². The maximum absolute atomic E-state index is 12.1. The van der Waals surface area contributed by atoms with Crippen LogP contribution in [0.3, 0.4) is 0 Å². The molecule has 0 heterocycles. The number of nitrogen functional groups attached to an aromatic ring is 1. The van der Waals surface area contributed by atoms with Gasteiger partial charge in [0.1, 0.15) is 0 Å². The lowest BCUT2D eigenvalue weighted by Gasteiger charge is -2.22. The number of carbonyl (C=O) groups excluding carboxylic acids is 1. The first-order valence-corrected chi connectivity index (χ1v) is 6.22. The summed E-state index contributed by atoms with van der Waals surface area (Å²) in [6.45, 7) is 5.70. The Morgan fingerprint density at radius 3 is 2.61 bits per heavy atom. The average Bonchev–Trinajstić information content (AvgIpc) is 2.36. The first-order valence-electron chi connectivity index (χ1n) is 6.22. The van der Waals surface area contributed by atoms with E-state index in [1.165, 1.54) is 0 Å². The molecule has 1 rings (SSSR count). The molecule has 0 aromatic heterocycles. The minimum absolute atomic E-state index is 0.0435. The third kappa shape index (κ3) is 3.74. The molecule has 3 unspecified atom stereocenters. The standard InChI is InChI=1S/C14H22N2O2/c1-9(8-17)11(3)16-14(18)10(2)12-5-4-6-13(15)7-12/h4-7,9-11,17H,8,15H2,1-3H3,(H,16,18). The van der Waals surface area contributed by atoms with Crippen molar-refractivity contribution in [1.82, 2.24) is 5.32 Å². The highest BCUT2D eigenvalue weighted by Crippen LogP contribution is 2.18. The SMILES string of the molecule is CC(C(=O)NC(C)C(C)CO)c1cccc(N)c1. The number of amides is 1. The van der Waals surface area contributed by atoms with Crippen LogP contribution < -0.4 is 11.1 Å². The molecular formula is C14H22N2O2. The lowest BCUT2D eigenvalue weighted by Crippen LogP contribution is -2.40. The van der Waals surface area contributed by atoms with Gasteiger partial charge in [0.2, 0.25) is 5.91 Å². The number of nitrogens with one attached hydrogen (secondary N) is 1. The van der Waals surface area contributed by atoms with E-state index in [0.717, 1.165) is 5.56 Å². The zero-order chi connectivity index (χ0) is 13.7. The Morgan fingerprint density at radius 1 is 1.39 bits per heavy atom. The van der Waals surface area contributed by atoms with Gasteiger partial charge in [-0.25, -0.2) is 0 Å². The molecule has 0 fully saturated rings. The zero-order valence-corrected chi connectivity index (χ0v) is 11.2. The highest BCUT2D eigenvalue weighted by atomic mass is 16.3. The number of benzene rings is 1. The Morgan fingerprint density at radius 2 is 2.06 bits per heavy atom. The molecule has 100 valence electrons. The quantitative estimate of drug-likeness (QED) is 0.693. The summed E-state index contributed by atoms with van der Waals surface area (Å²) >= 11 is 0. The van der Waals surface area contributed by atoms with Crippen LogP contribution in [0, 0.1) is 5.92 Å². The largest absolute Gasteiger partial charge is 0.399 e. The fourth-order valence-corrected chi connectivity index (χ4v) is 1.63. The third-order valence-electron chi connectivity index (χ3n) is 3.32. The number of hydrogen-bond acceptors (Lipinski definition) is 3. The zero-order valence-electron chi connectivity index (χ0n) is 11.2. The van der Waals surface area contributed by atoms with Crippen molar-refractivity contribution < 1.29 is 9.90 Å². The van der Waals surface area contributed by atoms with E-state index < -0.39 is 0 Å². The maximum atomic E-state index is 12.1. The molecule has 0 aliphatic carbocycles. The van der Waals surface area contributed by atoms with E-state index >= 15 is 0 Å². The summed E-state index contributed by atoms with van der Waals surface area (Å²) in [4.78, 5) is 12.1. The lowest BCUT2D eigenvalue weighted by atomic mass is 9.98. The second-order valence-corrected chi connectivity index (χ2v) is 4.85. The summed E-state index contributed by atoms with van der Waals surface area (Å²) in [5, 5.41) is 12.0. The molecule has 18 heavy (non-hydrogen) atoms. The molecule has 0 spiro atoms. The second-order valence-electron chi connectivity index (χ2n) is 4.85. The molecule has 3 atom stereocenters. The van der Waals surface area contributed by atoms with Gasteiger partial charge in [-0.1, -0.05) is 19.1 Å². The number of aliphatic hydroxyl groups is 1. The number of anilines is 1. The molecule has 1 amide bonds. The number of rotatable bonds is 5. The van der Waals surface area contributed by atoms with Gasteiger partial charge in [0.15, 0.2) is 0 Å². The third-order valence-corrected chi connectivity index (χ3v) is 3.32. The number of hydrogen-bond donors (Lipinski definition) is 3. The fraction of sp³-hybridized carbons (Fsp3) is 0.500. The number of aliphatic hydroxyl groups excluding tert-OH is 1. The van der Waals surface area contributed by atoms with Gasteiger partial charge in [0.25, 0.3) is 0 Å². The highest BCUT2D eigenvalue weighted by molar-refractivity contribution is 5.83. The Hall–Kier alpha value is -1.55. The first kappa shape index (κ1) is 14.5. The van der Waals surface area contributed by atoms with Crippen LogP contribution in [-0.4, -0.2) is 23.7 Å². The molecule has 0 aliphatic heterocycles. The van der Waals surface area contributed by atoms with E-state index in [0.29, 0.717) is 5.69 Å². The van der Waals surface area contributed by atoms with Gasteiger partial charge < -0.3 is 16.2 Å². The minimum atomic E-state index is -0.248. The van der Waals surface area contributed by atoms with Crippen LogP contribution >= 0.6 is 0 Å². The van der Waals surface area contributed by atoms with E-state index in [4.69, 9.17) is 10.8 Å². The molecule has 0 radical (unpaired) electrons. The summed E-state index contributed by atoms with van der Waals surface area (Å²) in [7, 11) is 0. The molecule has 0 saturated carbocycles. The summed E-state index contributed by atoms with van der Waals surface area (Å²) < 4.78 is 0. The van der Waals surface area contributed by atoms with Crippen LogP contribution in [0.5, 0.6) is 0 Å². The molecule has 0 aliphatic rings. The predicted molar refractivity (Wildman–Crippen MR) is 73.1 cm³/mol. The van der Waals surface area contributed by atoms with Crippen molar-refractivity contribution in [2.75, 3.05) is 12.3 Å². The van der Waals surface area contributed by atoms with Crippen molar-refractivity contribution in [2.24, 2.45) is 5.92 Å². The summed E-state index contributed by atoms with van der Waals surface area (Å²) in [5.74, 6) is -0.253. The van der Waals surface area contributed by atoms with Crippen molar-refractivity contribution in [3.8, 4) is 0 Å². The van der Waals surface area contributed by atoms with Crippen LogP contribution in [0.2, 0.25) is 0 Å². The topological polar surface area (TPSA) is 75.3 Å². The van der Waals surface area contributed by atoms with Crippen molar-refractivity contribution in [3.63, 3.8) is 0 Å². The number of nitrogens with two attached hydrogens (primary N) is 1. The van der Waals surface area contributed by atoms with Crippen LogP contribution in [-0.2, 0) is 4.79 Å². The Labute approximate surface area is 108 Å². The normalized spacial score (nSPS) is 15.8. The van der Waals surface area contributed by atoms with Crippen LogP contribution in [0.4, 0.5) is 5.69 Å². The van der Waals surface area contributed by atoms with Gasteiger partial charge in [-0.05, 0) is 37.5 Å². The van der Waals surface area contributed by atoms with Gasteiger partial charge in [0.05, 0.1) is 5.92 Å². The molecule has 1 aromatic carbocycles. The summed E-state index contributed by atoms with van der Waals surface area (Å²) in [6.07, 6.45) is 0. The monoisotopic (exact) mass is 250 g/mol. The predicted octanol–water partition coefficient (Wildman–Crippen LogP) is 1.51. The van der Waals surface area contributed by atoms with Crippen molar-refractivity contribution >= 4 is 11.6 Å². The minimum Gasteiger partial charge on any atom is -0.399 e. The number of carbonyl (C=O) groups is 1. The Bertz CT molecular complexity index is 407. The smallest absolute Gasteiger partial charge is 0.227 e. The maximum Gasteiger partial charge on any atom is 0.227 e. The molecule has 4 nitrogen and oxygen atoms in total. The van der Waals surface area contributed by atoms with Crippen LogP contribution in [0.25, 0.3) is 0 Å². The van der Waals surface area contributed by atoms with Gasteiger partial charge in [-0.2, -0.15) is 0 Å². The van der Waals surface area contributed by atoms with E-state index in [-0.39, 0.29) is 30.4 Å². The van der Waals surface area contributed by atoms with Crippen molar-refractivity contribution in [3.05, 3.63) is 29.8 Å². The molecule has 4 N–H and O–H groups in total. The average molecular weight is 250 g/mol. The Kier molecular flexibility index (Phi) is 5.16. The van der Waals surface area contributed by atoms with Crippen molar-refractivity contribution in [2.45, 2.75) is 32.7 Å². The van der Waals surface area contributed by atoms with Gasteiger partial charge in [0, 0.05) is 18.3 Å². The molecular weight excluding hydrogens is 228 g/mol. The van der Waals surface area contributed by atoms with E-state index in [2.05, 4.69) is 5.32 Å². The second kappa shape index (κ2) is 6.40. The lowest BCUT2D eigenvalue weighted by molar-refractivity contribution is -0.123. The highest BCUT2D eigenvalue weighted by Gasteiger charge is 2.19. The van der Waals surface area contributed by atoms with Crippen LogP contribution in [0.15, 0.2) is 24.3 Å². The van der Waals surface area contributed by atoms with Gasteiger partial charge in [-0.3, -0.25) is 4.79 Å². The van der Waals surface area contributed by atoms with Gasteiger partial charge >= 0.3 is 0 Å². The summed E-state index contributed by atoms with van der Waals surface area (Å²) in [5.41, 5.74) is 7.26. The summed E-state index contributed by atoms with van der Waals surface area (Å²) in [6, 6.07) is 7.29. The molecule has 0 bridgehead atoms. The first-order chi connectivity index (χ1) is 8.45. The van der Waals surface area contributed by atoms with Crippen molar-refractivity contribution in [1.29, 1.82) is 0 Å². The molecule has 0 saturated heterocycles. The molecule has 1 aromatic rings. The molecule has 4 heteroatoms. The fourth-order valence-electron chi connectivity index (χ4n) is 1.63. The van der Waals surface area contributed by atoms with E-state index in [1.54, 1.807) is 6.07 Å².